The van der Waals surface area contributed by atoms with Crippen LogP contribution in [0.2, 0.25) is 5.02 Å². The summed E-state index contributed by atoms with van der Waals surface area (Å²) in [4.78, 5) is 13.1. The van der Waals surface area contributed by atoms with Crippen LogP contribution in [0.4, 0.5) is 10.5 Å². The van der Waals surface area contributed by atoms with Gasteiger partial charge in [-0.1, -0.05) is 48.9 Å². The van der Waals surface area contributed by atoms with E-state index >= 15 is 0 Å². The summed E-state index contributed by atoms with van der Waals surface area (Å²) < 4.78 is 5.82. The van der Waals surface area contributed by atoms with Gasteiger partial charge in [0.2, 0.25) is 0 Å². The van der Waals surface area contributed by atoms with E-state index in [0.29, 0.717) is 29.0 Å². The third-order valence-electron chi connectivity index (χ3n) is 3.54. The Labute approximate surface area is 148 Å². The number of hydrogen-bond acceptors (Lipinski definition) is 2. The molecular formula is C19H23ClN2O2. The number of nitrogens with one attached hydrogen (secondary N) is 1. The predicted molar refractivity (Wildman–Crippen MR) is 99.0 cm³/mol. The molecule has 0 aromatic heterocycles. The monoisotopic (exact) mass is 346 g/mol. The smallest absolute Gasteiger partial charge is 0.321 e. The van der Waals surface area contributed by atoms with Crippen molar-refractivity contribution in [2.75, 3.05) is 26.0 Å². The second kappa shape index (κ2) is 8.60. The molecule has 0 saturated heterocycles. The van der Waals surface area contributed by atoms with Crippen LogP contribution >= 0.6 is 11.6 Å². The van der Waals surface area contributed by atoms with Gasteiger partial charge in [0, 0.05) is 19.8 Å². The molecule has 0 fully saturated rings. The van der Waals surface area contributed by atoms with E-state index in [1.807, 2.05) is 18.2 Å². The highest BCUT2D eigenvalue weighted by Crippen LogP contribution is 2.28. The average Bonchev–Trinajstić information content (AvgIpc) is 2.55. The lowest BCUT2D eigenvalue weighted by molar-refractivity contribution is 0.230. The largest absolute Gasteiger partial charge is 0.492 e. The third kappa shape index (κ3) is 5.46. The summed E-state index contributed by atoms with van der Waals surface area (Å²) in [6.45, 7) is 2.73. The number of ether oxygens (including phenoxy) is 1. The summed E-state index contributed by atoms with van der Waals surface area (Å²) in [6, 6.07) is 15.4. The zero-order valence-electron chi connectivity index (χ0n) is 14.3. The van der Waals surface area contributed by atoms with Gasteiger partial charge >= 0.3 is 6.03 Å². The fourth-order valence-electron chi connectivity index (χ4n) is 2.24. The van der Waals surface area contributed by atoms with Gasteiger partial charge in [-0.25, -0.2) is 4.79 Å². The molecule has 0 heterocycles. The first-order chi connectivity index (χ1) is 11.5. The topological polar surface area (TPSA) is 41.6 Å². The molecule has 5 heteroatoms. The van der Waals surface area contributed by atoms with Gasteiger partial charge in [0.25, 0.3) is 0 Å². The van der Waals surface area contributed by atoms with Crippen molar-refractivity contribution in [3.63, 3.8) is 0 Å². The van der Waals surface area contributed by atoms with Gasteiger partial charge in [0.15, 0.2) is 0 Å². The minimum absolute atomic E-state index is 0.198. The summed E-state index contributed by atoms with van der Waals surface area (Å²) in [5.74, 6) is 0.996. The van der Waals surface area contributed by atoms with E-state index in [-0.39, 0.29) is 6.03 Å². The molecule has 2 aromatic rings. The SMILES string of the molecule is CC(COc1ccc(NC(=O)N(C)C)cc1Cl)Cc1ccccc1. The van der Waals surface area contributed by atoms with Gasteiger partial charge < -0.3 is 15.0 Å². The lowest BCUT2D eigenvalue weighted by Crippen LogP contribution is -2.27. The van der Waals surface area contributed by atoms with Crippen molar-refractivity contribution >= 4 is 23.3 Å². The summed E-state index contributed by atoms with van der Waals surface area (Å²) in [6.07, 6.45) is 0.954. The van der Waals surface area contributed by atoms with E-state index in [0.717, 1.165) is 6.42 Å². The number of amides is 2. The third-order valence-corrected chi connectivity index (χ3v) is 3.84. The van der Waals surface area contributed by atoms with Crippen LogP contribution in [0, 0.1) is 5.92 Å². The van der Waals surface area contributed by atoms with E-state index in [1.54, 1.807) is 32.3 Å². The average molecular weight is 347 g/mol. The van der Waals surface area contributed by atoms with Crippen LogP contribution in [0.25, 0.3) is 0 Å². The molecule has 1 unspecified atom stereocenters. The molecule has 2 rings (SSSR count). The molecule has 0 saturated carbocycles. The number of rotatable bonds is 6. The van der Waals surface area contributed by atoms with Crippen LogP contribution in [0.15, 0.2) is 48.5 Å². The molecule has 2 amide bonds. The molecular weight excluding hydrogens is 324 g/mol. The molecule has 4 nitrogen and oxygen atoms in total. The normalized spacial score (nSPS) is 11.7. The van der Waals surface area contributed by atoms with Gasteiger partial charge in [-0.15, -0.1) is 0 Å². The Morgan fingerprint density at radius 2 is 1.92 bits per heavy atom. The minimum Gasteiger partial charge on any atom is -0.492 e. The molecule has 2 aromatic carbocycles. The fourth-order valence-corrected chi connectivity index (χ4v) is 2.47. The van der Waals surface area contributed by atoms with E-state index in [9.17, 15) is 4.79 Å². The summed E-state index contributed by atoms with van der Waals surface area (Å²) >= 11 is 6.25. The predicted octanol–water partition coefficient (Wildman–Crippen LogP) is 4.69. The van der Waals surface area contributed by atoms with Crippen LogP contribution < -0.4 is 10.1 Å². The number of halogens is 1. The quantitative estimate of drug-likeness (QED) is 0.824. The van der Waals surface area contributed by atoms with Crippen molar-refractivity contribution in [1.82, 2.24) is 4.90 Å². The highest BCUT2D eigenvalue weighted by Gasteiger charge is 2.09. The molecule has 0 spiro atoms. The maximum Gasteiger partial charge on any atom is 0.321 e. The van der Waals surface area contributed by atoms with Crippen molar-refractivity contribution in [2.24, 2.45) is 5.92 Å². The molecule has 1 atom stereocenters. The Morgan fingerprint density at radius 1 is 1.21 bits per heavy atom. The maximum atomic E-state index is 11.6. The van der Waals surface area contributed by atoms with Crippen LogP contribution in [-0.2, 0) is 6.42 Å². The van der Waals surface area contributed by atoms with Crippen molar-refractivity contribution in [3.8, 4) is 5.75 Å². The fraction of sp³-hybridized carbons (Fsp3) is 0.316. The molecule has 0 aliphatic rings. The minimum atomic E-state index is -0.198. The molecule has 0 aliphatic carbocycles. The van der Waals surface area contributed by atoms with Crippen LogP contribution in [0.3, 0.4) is 0 Å². The Kier molecular flexibility index (Phi) is 6.50. The lowest BCUT2D eigenvalue weighted by Gasteiger charge is -2.16. The van der Waals surface area contributed by atoms with Gasteiger partial charge in [0.05, 0.1) is 11.6 Å². The number of urea groups is 1. The standard InChI is InChI=1S/C19H23ClN2O2/c1-14(11-15-7-5-4-6-8-15)13-24-18-10-9-16(12-17(18)20)21-19(23)22(2)3/h4-10,12,14H,11,13H2,1-3H3,(H,21,23). The Bertz CT molecular complexity index is 674. The maximum absolute atomic E-state index is 11.6. The van der Waals surface area contributed by atoms with Crippen molar-refractivity contribution in [3.05, 3.63) is 59.1 Å². The molecule has 1 N–H and O–H groups in total. The Balaban J connectivity index is 1.89. The van der Waals surface area contributed by atoms with Gasteiger partial charge in [-0.2, -0.15) is 0 Å². The van der Waals surface area contributed by atoms with E-state index in [2.05, 4.69) is 24.4 Å². The summed E-state index contributed by atoms with van der Waals surface area (Å²) in [7, 11) is 3.37. The van der Waals surface area contributed by atoms with Crippen molar-refractivity contribution in [2.45, 2.75) is 13.3 Å². The molecule has 0 bridgehead atoms. The van der Waals surface area contributed by atoms with Crippen molar-refractivity contribution < 1.29 is 9.53 Å². The van der Waals surface area contributed by atoms with Crippen LogP contribution in [0.5, 0.6) is 5.75 Å². The first-order valence-electron chi connectivity index (χ1n) is 7.90. The summed E-state index contributed by atoms with van der Waals surface area (Å²) in [5.41, 5.74) is 1.94. The first-order valence-corrected chi connectivity index (χ1v) is 8.28. The first kappa shape index (κ1) is 18.1. The summed E-state index contributed by atoms with van der Waals surface area (Å²) in [5, 5.41) is 3.24. The highest BCUT2D eigenvalue weighted by atomic mass is 35.5. The highest BCUT2D eigenvalue weighted by molar-refractivity contribution is 6.32. The number of benzene rings is 2. The second-order valence-corrected chi connectivity index (χ2v) is 6.48. The van der Waals surface area contributed by atoms with Gasteiger partial charge in [-0.05, 0) is 36.1 Å². The van der Waals surface area contributed by atoms with E-state index < -0.39 is 0 Å². The van der Waals surface area contributed by atoms with Gasteiger partial charge in [0.1, 0.15) is 5.75 Å². The Hall–Kier alpha value is -2.20. The second-order valence-electron chi connectivity index (χ2n) is 6.08. The zero-order chi connectivity index (χ0) is 17.5. The molecule has 0 radical (unpaired) electrons. The van der Waals surface area contributed by atoms with E-state index in [4.69, 9.17) is 16.3 Å². The zero-order valence-corrected chi connectivity index (χ0v) is 15.0. The lowest BCUT2D eigenvalue weighted by atomic mass is 10.0. The van der Waals surface area contributed by atoms with Gasteiger partial charge in [-0.3, -0.25) is 0 Å². The molecule has 128 valence electrons. The molecule has 24 heavy (non-hydrogen) atoms. The number of carbonyl (C=O) groups excluding carboxylic acids is 1. The number of anilines is 1. The van der Waals surface area contributed by atoms with Crippen LogP contribution in [-0.4, -0.2) is 31.6 Å². The van der Waals surface area contributed by atoms with E-state index in [1.165, 1.54) is 10.5 Å². The number of nitrogens with zero attached hydrogens (tertiary/aromatic N) is 1. The van der Waals surface area contributed by atoms with Crippen LogP contribution in [0.1, 0.15) is 12.5 Å². The number of carbonyl (C=O) groups is 1. The molecule has 0 aliphatic heterocycles. The van der Waals surface area contributed by atoms with Crippen molar-refractivity contribution in [1.29, 1.82) is 0 Å². The Morgan fingerprint density at radius 3 is 2.54 bits per heavy atom. The number of hydrogen-bond donors (Lipinski definition) is 1.